The van der Waals surface area contributed by atoms with E-state index in [0.29, 0.717) is 26.1 Å². The molecule has 76 valence electrons. The molecule has 1 fully saturated rings. The lowest BCUT2D eigenvalue weighted by atomic mass is 9.77. The van der Waals surface area contributed by atoms with Crippen molar-refractivity contribution >= 4 is 5.97 Å². The molecule has 1 aliphatic rings. The summed E-state index contributed by atoms with van der Waals surface area (Å²) in [6.45, 7) is 3.09. The van der Waals surface area contributed by atoms with E-state index in [4.69, 9.17) is 4.74 Å². The zero-order chi connectivity index (χ0) is 9.90. The maximum Gasteiger partial charge on any atom is 0.335 e. The van der Waals surface area contributed by atoms with Gasteiger partial charge in [-0.25, -0.2) is 4.79 Å². The predicted molar refractivity (Wildman–Crippen MR) is 46.2 cm³/mol. The molecule has 1 atom stereocenters. The third kappa shape index (κ3) is 2.19. The Balaban J connectivity index is 2.61. The molecule has 1 unspecified atom stereocenters. The van der Waals surface area contributed by atoms with Crippen molar-refractivity contribution in [2.75, 3.05) is 20.3 Å². The Morgan fingerprint density at radius 1 is 1.54 bits per heavy atom. The summed E-state index contributed by atoms with van der Waals surface area (Å²) < 4.78 is 9.67. The molecule has 0 bridgehead atoms. The number of methoxy groups -OCH3 is 1. The van der Waals surface area contributed by atoms with E-state index >= 15 is 0 Å². The molecule has 0 aliphatic carbocycles. The summed E-state index contributed by atoms with van der Waals surface area (Å²) in [5.41, 5.74) is -0.384. The molecular formula is C9H16O4. The third-order valence-electron chi connectivity index (χ3n) is 2.72. The lowest BCUT2D eigenvalue weighted by molar-refractivity contribution is -0.162. The van der Waals surface area contributed by atoms with Crippen LogP contribution in [0.2, 0.25) is 0 Å². The number of esters is 1. The van der Waals surface area contributed by atoms with Gasteiger partial charge in [0, 0.05) is 18.6 Å². The highest BCUT2D eigenvalue weighted by Gasteiger charge is 2.39. The van der Waals surface area contributed by atoms with Crippen LogP contribution in [-0.2, 0) is 14.3 Å². The van der Waals surface area contributed by atoms with Gasteiger partial charge in [-0.2, -0.15) is 0 Å². The molecule has 0 aromatic heterocycles. The van der Waals surface area contributed by atoms with Gasteiger partial charge in [-0.1, -0.05) is 6.92 Å². The summed E-state index contributed by atoms with van der Waals surface area (Å²) in [5.74, 6) is -0.551. The minimum absolute atomic E-state index is 0.384. The quantitative estimate of drug-likeness (QED) is 0.635. The molecule has 4 heteroatoms. The predicted octanol–water partition coefficient (Wildman–Crippen LogP) is 0.337. The van der Waals surface area contributed by atoms with Crippen LogP contribution < -0.4 is 0 Å². The van der Waals surface area contributed by atoms with Crippen molar-refractivity contribution in [3.8, 4) is 0 Å². The molecular weight excluding hydrogens is 172 g/mol. The van der Waals surface area contributed by atoms with Crippen LogP contribution >= 0.6 is 0 Å². The van der Waals surface area contributed by atoms with Crippen LogP contribution in [0.25, 0.3) is 0 Å². The summed E-state index contributed by atoms with van der Waals surface area (Å²) >= 11 is 0. The minimum atomic E-state index is -1.03. The number of aliphatic hydroxyl groups excluding tert-OH is 1. The molecule has 4 nitrogen and oxygen atoms in total. The van der Waals surface area contributed by atoms with Crippen LogP contribution in [0.5, 0.6) is 0 Å². The Kier molecular flexibility index (Phi) is 3.27. The number of carbonyl (C=O) groups is 1. The van der Waals surface area contributed by atoms with Gasteiger partial charge < -0.3 is 14.6 Å². The zero-order valence-electron chi connectivity index (χ0n) is 8.08. The van der Waals surface area contributed by atoms with Gasteiger partial charge in [-0.05, 0) is 12.8 Å². The Bertz CT molecular complexity index is 184. The summed E-state index contributed by atoms with van der Waals surface area (Å²) in [6.07, 6.45) is 0.369. The molecule has 0 radical (unpaired) electrons. The van der Waals surface area contributed by atoms with Gasteiger partial charge in [0.2, 0.25) is 0 Å². The normalized spacial score (nSPS) is 23.6. The first kappa shape index (κ1) is 10.5. The van der Waals surface area contributed by atoms with E-state index in [1.807, 2.05) is 6.92 Å². The molecule has 0 spiro atoms. The largest absolute Gasteiger partial charge is 0.467 e. The van der Waals surface area contributed by atoms with Gasteiger partial charge in [-0.15, -0.1) is 0 Å². The maximum atomic E-state index is 11.1. The molecule has 13 heavy (non-hydrogen) atoms. The SMILES string of the molecule is COC(=O)C(O)C1(C)CCOCC1. The third-order valence-corrected chi connectivity index (χ3v) is 2.72. The van der Waals surface area contributed by atoms with Gasteiger partial charge in [0.05, 0.1) is 7.11 Å². The first-order chi connectivity index (χ1) is 6.10. The summed E-state index contributed by atoms with van der Waals surface area (Å²) in [6, 6.07) is 0. The topological polar surface area (TPSA) is 55.8 Å². The number of hydrogen-bond acceptors (Lipinski definition) is 4. The highest BCUT2D eigenvalue weighted by molar-refractivity contribution is 5.75. The van der Waals surface area contributed by atoms with E-state index in [2.05, 4.69) is 4.74 Å². The lowest BCUT2D eigenvalue weighted by Gasteiger charge is -2.35. The van der Waals surface area contributed by atoms with Crippen LogP contribution in [0.3, 0.4) is 0 Å². The van der Waals surface area contributed by atoms with Gasteiger partial charge in [-0.3, -0.25) is 0 Å². The smallest absolute Gasteiger partial charge is 0.335 e. The van der Waals surface area contributed by atoms with E-state index in [1.54, 1.807) is 0 Å². The Morgan fingerprint density at radius 2 is 2.08 bits per heavy atom. The molecule has 0 aromatic carbocycles. The highest BCUT2D eigenvalue weighted by Crippen LogP contribution is 2.33. The van der Waals surface area contributed by atoms with Gasteiger partial charge >= 0.3 is 5.97 Å². The monoisotopic (exact) mass is 188 g/mol. The molecule has 1 N–H and O–H groups in total. The second-order valence-corrected chi connectivity index (χ2v) is 3.69. The van der Waals surface area contributed by atoms with Crippen LogP contribution in [0.15, 0.2) is 0 Å². The van der Waals surface area contributed by atoms with Crippen LogP contribution in [-0.4, -0.2) is 37.5 Å². The van der Waals surface area contributed by atoms with E-state index in [0.717, 1.165) is 0 Å². The first-order valence-corrected chi connectivity index (χ1v) is 4.44. The van der Waals surface area contributed by atoms with Crippen molar-refractivity contribution in [3.05, 3.63) is 0 Å². The number of ether oxygens (including phenoxy) is 2. The first-order valence-electron chi connectivity index (χ1n) is 4.44. The number of rotatable bonds is 2. The van der Waals surface area contributed by atoms with E-state index in [-0.39, 0.29) is 5.41 Å². The van der Waals surface area contributed by atoms with Gasteiger partial charge in [0.25, 0.3) is 0 Å². The van der Waals surface area contributed by atoms with Crippen molar-refractivity contribution < 1.29 is 19.4 Å². The fraction of sp³-hybridized carbons (Fsp3) is 0.889. The molecule has 0 saturated carbocycles. The highest BCUT2D eigenvalue weighted by atomic mass is 16.5. The van der Waals surface area contributed by atoms with Crippen molar-refractivity contribution in [1.29, 1.82) is 0 Å². The fourth-order valence-electron chi connectivity index (χ4n) is 1.51. The summed E-state index contributed by atoms with van der Waals surface area (Å²) in [4.78, 5) is 11.1. The molecule has 1 saturated heterocycles. The average Bonchev–Trinajstić information content (AvgIpc) is 2.16. The molecule has 0 amide bonds. The summed E-state index contributed by atoms with van der Waals surface area (Å²) in [5, 5.41) is 9.67. The summed E-state index contributed by atoms with van der Waals surface area (Å²) in [7, 11) is 1.29. The molecule has 1 rings (SSSR count). The van der Waals surface area contributed by atoms with E-state index in [1.165, 1.54) is 7.11 Å². The Morgan fingerprint density at radius 3 is 2.54 bits per heavy atom. The Hall–Kier alpha value is -0.610. The molecule has 1 heterocycles. The van der Waals surface area contributed by atoms with Crippen molar-refractivity contribution in [2.24, 2.45) is 5.41 Å². The number of hydrogen-bond donors (Lipinski definition) is 1. The second-order valence-electron chi connectivity index (χ2n) is 3.69. The molecule has 0 aromatic rings. The van der Waals surface area contributed by atoms with Crippen molar-refractivity contribution in [2.45, 2.75) is 25.9 Å². The van der Waals surface area contributed by atoms with E-state index < -0.39 is 12.1 Å². The maximum absolute atomic E-state index is 11.1. The number of carbonyl (C=O) groups excluding carboxylic acids is 1. The van der Waals surface area contributed by atoms with Crippen molar-refractivity contribution in [3.63, 3.8) is 0 Å². The van der Waals surface area contributed by atoms with E-state index in [9.17, 15) is 9.90 Å². The second kappa shape index (κ2) is 4.07. The van der Waals surface area contributed by atoms with Crippen LogP contribution in [0.1, 0.15) is 19.8 Å². The minimum Gasteiger partial charge on any atom is -0.467 e. The lowest BCUT2D eigenvalue weighted by Crippen LogP contribution is -2.43. The fourth-order valence-corrected chi connectivity index (χ4v) is 1.51. The standard InChI is InChI=1S/C9H16O4/c1-9(3-5-13-6-4-9)7(10)8(11)12-2/h7,10H,3-6H2,1-2H3. The molecule has 1 aliphatic heterocycles. The van der Waals surface area contributed by atoms with Crippen LogP contribution in [0, 0.1) is 5.41 Å². The van der Waals surface area contributed by atoms with Gasteiger partial charge in [0.15, 0.2) is 6.10 Å². The number of aliphatic hydroxyl groups is 1. The van der Waals surface area contributed by atoms with Crippen molar-refractivity contribution in [1.82, 2.24) is 0 Å². The Labute approximate surface area is 77.8 Å². The zero-order valence-corrected chi connectivity index (χ0v) is 8.08. The average molecular weight is 188 g/mol. The van der Waals surface area contributed by atoms with Crippen LogP contribution in [0.4, 0.5) is 0 Å². The van der Waals surface area contributed by atoms with Gasteiger partial charge in [0.1, 0.15) is 0 Å².